The molecular weight excluding hydrogens is 458 g/mol. The molecule has 2 N–H and O–H groups in total. The molecule has 5 aromatic rings. The van der Waals surface area contributed by atoms with Crippen molar-refractivity contribution in [2.75, 3.05) is 18.4 Å². The van der Waals surface area contributed by atoms with Crippen molar-refractivity contribution in [2.24, 2.45) is 7.05 Å². The molecule has 3 aromatic heterocycles. The Balaban J connectivity index is 1.32. The smallest absolute Gasteiger partial charge is 0.227 e. The van der Waals surface area contributed by atoms with E-state index in [9.17, 15) is 0 Å². The van der Waals surface area contributed by atoms with Crippen LogP contribution in [0.4, 0.5) is 11.6 Å². The first-order valence-electron chi connectivity index (χ1n) is 11.7. The highest BCUT2D eigenvalue weighted by Crippen LogP contribution is 2.36. The predicted octanol–water partition coefficient (Wildman–Crippen LogP) is 5.03. The second-order valence-corrected chi connectivity index (χ2v) is 9.51. The van der Waals surface area contributed by atoms with Crippen LogP contribution in [0.1, 0.15) is 12.8 Å². The first kappa shape index (κ1) is 21.7. The van der Waals surface area contributed by atoms with Crippen molar-refractivity contribution in [3.63, 3.8) is 0 Å². The summed E-state index contributed by atoms with van der Waals surface area (Å²) in [6, 6.07) is 12.3. The number of nitrogens with zero attached hydrogens (tertiary/aromatic N) is 5. The van der Waals surface area contributed by atoms with Gasteiger partial charge in [-0.3, -0.25) is 4.68 Å². The zero-order valence-corrected chi connectivity index (χ0v) is 20.1. The highest BCUT2D eigenvalue weighted by atomic mass is 32.1. The minimum absolute atomic E-state index is 0.182. The molecule has 4 heterocycles. The molecule has 1 fully saturated rings. The Hall–Kier alpha value is -3.82. The number of fused-ring (bicyclic) bond motifs is 1. The number of benzene rings is 2. The Labute approximate surface area is 207 Å². The summed E-state index contributed by atoms with van der Waals surface area (Å²) in [5, 5.41) is 14.9. The van der Waals surface area contributed by atoms with Gasteiger partial charge < -0.3 is 15.4 Å². The van der Waals surface area contributed by atoms with E-state index in [2.05, 4.69) is 43.9 Å². The lowest BCUT2D eigenvalue weighted by molar-refractivity contribution is 0.163. The number of hydrogen-bond acceptors (Lipinski definition) is 8. The Bertz CT molecular complexity index is 1460. The molecule has 2 aromatic carbocycles. The van der Waals surface area contributed by atoms with Crippen molar-refractivity contribution in [3.8, 4) is 27.4 Å². The van der Waals surface area contributed by atoms with Gasteiger partial charge in [0, 0.05) is 53.7 Å². The number of rotatable bonds is 6. The van der Waals surface area contributed by atoms with Gasteiger partial charge in [-0.1, -0.05) is 12.1 Å². The maximum atomic E-state index is 6.48. The lowest BCUT2D eigenvalue weighted by Gasteiger charge is -2.25. The van der Waals surface area contributed by atoms with Crippen LogP contribution in [0.3, 0.4) is 0 Å². The second-order valence-electron chi connectivity index (χ2n) is 8.61. The summed E-state index contributed by atoms with van der Waals surface area (Å²) < 4.78 is 8.28. The number of nitrogens with one attached hydrogen (secondary N) is 2. The molecule has 8 nitrogen and oxygen atoms in total. The van der Waals surface area contributed by atoms with E-state index >= 15 is 0 Å². The molecule has 1 saturated heterocycles. The largest absolute Gasteiger partial charge is 0.490 e. The molecule has 0 unspecified atom stereocenters. The molecule has 35 heavy (non-hydrogen) atoms. The molecule has 0 saturated carbocycles. The lowest BCUT2D eigenvalue weighted by Crippen LogP contribution is -2.34. The summed E-state index contributed by atoms with van der Waals surface area (Å²) in [6.45, 7) is 1.94. The van der Waals surface area contributed by atoms with Crippen molar-refractivity contribution in [3.05, 3.63) is 66.6 Å². The molecule has 0 aliphatic carbocycles. The van der Waals surface area contributed by atoms with Gasteiger partial charge in [0.05, 0.1) is 17.3 Å². The number of hydrogen-bond donors (Lipinski definition) is 2. The van der Waals surface area contributed by atoms with Gasteiger partial charge in [0.1, 0.15) is 16.9 Å². The van der Waals surface area contributed by atoms with Crippen LogP contribution in [-0.2, 0) is 7.05 Å². The second kappa shape index (κ2) is 9.44. The van der Waals surface area contributed by atoms with E-state index in [0.717, 1.165) is 70.0 Å². The normalized spacial score (nSPS) is 14.3. The van der Waals surface area contributed by atoms with Gasteiger partial charge in [-0.2, -0.15) is 5.10 Å². The molecule has 9 heteroatoms. The van der Waals surface area contributed by atoms with Crippen molar-refractivity contribution < 1.29 is 4.74 Å². The van der Waals surface area contributed by atoms with Gasteiger partial charge in [0.2, 0.25) is 5.95 Å². The topological polar surface area (TPSA) is 89.8 Å². The third-order valence-corrected chi connectivity index (χ3v) is 6.89. The molecule has 1 aliphatic heterocycles. The molecule has 0 amide bonds. The Morgan fingerprint density at radius 3 is 2.80 bits per heavy atom. The number of anilines is 2. The first-order valence-corrected chi connectivity index (χ1v) is 12.5. The summed E-state index contributed by atoms with van der Waals surface area (Å²) in [5.41, 5.74) is 4.87. The fraction of sp³-hybridized carbons (Fsp3) is 0.231. The van der Waals surface area contributed by atoms with Gasteiger partial charge in [-0.15, -0.1) is 11.3 Å². The highest BCUT2D eigenvalue weighted by molar-refractivity contribution is 7.13. The summed E-state index contributed by atoms with van der Waals surface area (Å²) in [6.07, 6.45) is 9.67. The van der Waals surface area contributed by atoms with E-state index in [-0.39, 0.29) is 6.10 Å². The van der Waals surface area contributed by atoms with Crippen molar-refractivity contribution >= 4 is 33.9 Å². The number of aromatic nitrogens is 5. The zero-order valence-electron chi connectivity index (χ0n) is 19.3. The number of piperidine rings is 1. The molecule has 0 spiro atoms. The molecule has 0 atom stereocenters. The maximum Gasteiger partial charge on any atom is 0.227 e. The molecule has 176 valence electrons. The number of ether oxygens (including phenoxy) is 1. The molecule has 0 radical (unpaired) electrons. The molecule has 6 rings (SSSR count). The Morgan fingerprint density at radius 1 is 1.09 bits per heavy atom. The van der Waals surface area contributed by atoms with E-state index in [1.54, 1.807) is 16.0 Å². The average molecular weight is 484 g/mol. The van der Waals surface area contributed by atoms with Crippen LogP contribution in [0.5, 0.6) is 5.75 Å². The van der Waals surface area contributed by atoms with E-state index in [0.29, 0.717) is 5.95 Å². The van der Waals surface area contributed by atoms with Crippen LogP contribution in [0.15, 0.2) is 66.6 Å². The van der Waals surface area contributed by atoms with Crippen LogP contribution in [0, 0.1) is 0 Å². The van der Waals surface area contributed by atoms with E-state index < -0.39 is 0 Å². The molecular formula is C26H25N7OS. The van der Waals surface area contributed by atoms with E-state index in [1.165, 1.54) is 0 Å². The van der Waals surface area contributed by atoms with Crippen LogP contribution in [-0.4, -0.2) is 43.9 Å². The fourth-order valence-electron chi connectivity index (χ4n) is 4.31. The van der Waals surface area contributed by atoms with Gasteiger partial charge >= 0.3 is 0 Å². The van der Waals surface area contributed by atoms with Crippen LogP contribution in [0.2, 0.25) is 0 Å². The quantitative estimate of drug-likeness (QED) is 0.350. The number of aryl methyl sites for hydroxylation is 1. The third-order valence-electron chi connectivity index (χ3n) is 6.08. The van der Waals surface area contributed by atoms with Crippen LogP contribution >= 0.6 is 11.3 Å². The Morgan fingerprint density at radius 2 is 2.00 bits per heavy atom. The minimum atomic E-state index is 0.182. The number of thiazole rings is 1. The van der Waals surface area contributed by atoms with E-state index in [4.69, 9.17) is 9.72 Å². The predicted molar refractivity (Wildman–Crippen MR) is 139 cm³/mol. The van der Waals surface area contributed by atoms with Gasteiger partial charge in [-0.25, -0.2) is 15.0 Å². The lowest BCUT2D eigenvalue weighted by atomic mass is 10.1. The standard InChI is InChI=1S/C26H25N7OS/c1-33-16-19(15-30-33)17-3-2-4-20(11-17)31-26-29-14-18-12-22(25-28-9-10-35-25)24(13-23(18)32-26)34-21-5-7-27-8-6-21/h2-4,9-16,21,27H,5-8H2,1H3,(H,29,31,32). The van der Waals surface area contributed by atoms with Crippen molar-refractivity contribution in [2.45, 2.75) is 18.9 Å². The van der Waals surface area contributed by atoms with Crippen LogP contribution in [0.25, 0.3) is 32.6 Å². The summed E-state index contributed by atoms with van der Waals surface area (Å²) >= 11 is 1.60. The fourth-order valence-corrected chi connectivity index (χ4v) is 4.97. The van der Waals surface area contributed by atoms with E-state index in [1.807, 2.05) is 55.4 Å². The summed E-state index contributed by atoms with van der Waals surface area (Å²) in [4.78, 5) is 13.9. The molecule has 1 aliphatic rings. The summed E-state index contributed by atoms with van der Waals surface area (Å²) in [7, 11) is 1.91. The van der Waals surface area contributed by atoms with Gasteiger partial charge in [0.25, 0.3) is 0 Å². The zero-order chi connectivity index (χ0) is 23.6. The monoisotopic (exact) mass is 483 g/mol. The van der Waals surface area contributed by atoms with Crippen molar-refractivity contribution in [1.29, 1.82) is 0 Å². The van der Waals surface area contributed by atoms with Gasteiger partial charge in [-0.05, 0) is 49.7 Å². The van der Waals surface area contributed by atoms with Crippen LogP contribution < -0.4 is 15.4 Å². The van der Waals surface area contributed by atoms with Gasteiger partial charge in [0.15, 0.2) is 0 Å². The highest BCUT2D eigenvalue weighted by Gasteiger charge is 2.19. The maximum absolute atomic E-state index is 6.48. The van der Waals surface area contributed by atoms with Crippen molar-refractivity contribution in [1.82, 2.24) is 30.0 Å². The Kier molecular flexibility index (Phi) is 5.85. The first-order chi connectivity index (χ1) is 17.2. The SMILES string of the molecule is Cn1cc(-c2cccc(Nc3ncc4cc(-c5nccs5)c(OC5CCNCC5)cc4n3)c2)cn1. The minimum Gasteiger partial charge on any atom is -0.490 e. The average Bonchev–Trinajstić information content (AvgIpc) is 3.57. The molecule has 0 bridgehead atoms. The third kappa shape index (κ3) is 4.73. The summed E-state index contributed by atoms with van der Waals surface area (Å²) in [5.74, 6) is 1.36.